The van der Waals surface area contributed by atoms with Gasteiger partial charge in [0.1, 0.15) is 6.17 Å². The Labute approximate surface area is 108 Å². The second-order valence-electron chi connectivity index (χ2n) is 4.33. The standard InChI is InChI=1S/C11H7F6NO2/c12-5(3-1-18(2-3)11(19)20)4-6(13)8(15)10(17)9(16)7(4)14/h3,5H,1-2H2,(H,19,20). The van der Waals surface area contributed by atoms with Crippen molar-refractivity contribution < 1.29 is 36.2 Å². The van der Waals surface area contributed by atoms with E-state index in [1.807, 2.05) is 0 Å². The molecule has 3 nitrogen and oxygen atoms in total. The van der Waals surface area contributed by atoms with Crippen LogP contribution in [0.5, 0.6) is 0 Å². The summed E-state index contributed by atoms with van der Waals surface area (Å²) in [6.07, 6.45) is -3.83. The van der Waals surface area contributed by atoms with Gasteiger partial charge in [0.25, 0.3) is 0 Å². The van der Waals surface area contributed by atoms with Gasteiger partial charge < -0.3 is 10.0 Å². The maximum absolute atomic E-state index is 13.9. The number of likely N-dealkylation sites (tertiary alicyclic amines) is 1. The highest BCUT2D eigenvalue weighted by molar-refractivity contribution is 5.66. The molecule has 1 aromatic carbocycles. The normalized spacial score (nSPS) is 17.0. The Kier molecular flexibility index (Phi) is 3.53. The van der Waals surface area contributed by atoms with E-state index in [1.54, 1.807) is 0 Å². The maximum Gasteiger partial charge on any atom is 0.407 e. The SMILES string of the molecule is O=C(O)N1CC(C(F)c2c(F)c(F)c(F)c(F)c2F)C1. The van der Waals surface area contributed by atoms with Crippen molar-refractivity contribution in [2.75, 3.05) is 13.1 Å². The highest BCUT2D eigenvalue weighted by Crippen LogP contribution is 2.37. The molecular weight excluding hydrogens is 292 g/mol. The van der Waals surface area contributed by atoms with Crippen LogP contribution in [0.3, 0.4) is 0 Å². The van der Waals surface area contributed by atoms with Crippen LogP contribution >= 0.6 is 0 Å². The first-order valence-corrected chi connectivity index (χ1v) is 5.39. The molecule has 0 radical (unpaired) electrons. The smallest absolute Gasteiger partial charge is 0.407 e. The highest BCUT2D eigenvalue weighted by Gasteiger charge is 2.41. The summed E-state index contributed by atoms with van der Waals surface area (Å²) >= 11 is 0. The molecular formula is C11H7F6NO2. The molecule has 0 aliphatic carbocycles. The largest absolute Gasteiger partial charge is 0.465 e. The summed E-state index contributed by atoms with van der Waals surface area (Å²) in [5, 5.41) is 8.52. The number of alkyl halides is 1. The van der Waals surface area contributed by atoms with Gasteiger partial charge >= 0.3 is 6.09 Å². The van der Waals surface area contributed by atoms with Gasteiger partial charge in [-0.25, -0.2) is 31.1 Å². The average Bonchev–Trinajstić information content (AvgIpc) is 2.32. The van der Waals surface area contributed by atoms with Crippen LogP contribution in [0.25, 0.3) is 0 Å². The molecule has 1 aliphatic rings. The number of amides is 1. The third-order valence-electron chi connectivity index (χ3n) is 3.11. The number of hydrogen-bond donors (Lipinski definition) is 1. The average molecular weight is 299 g/mol. The molecule has 9 heteroatoms. The number of carbonyl (C=O) groups is 1. The van der Waals surface area contributed by atoms with Crippen LogP contribution in [0.1, 0.15) is 11.7 Å². The van der Waals surface area contributed by atoms with E-state index >= 15 is 0 Å². The van der Waals surface area contributed by atoms with Gasteiger partial charge in [-0.3, -0.25) is 0 Å². The molecule has 0 aromatic heterocycles. The van der Waals surface area contributed by atoms with E-state index in [9.17, 15) is 31.1 Å². The summed E-state index contributed by atoms with van der Waals surface area (Å²) < 4.78 is 79.2. The van der Waals surface area contributed by atoms with Gasteiger partial charge in [-0.2, -0.15) is 0 Å². The molecule has 0 bridgehead atoms. The topological polar surface area (TPSA) is 40.5 Å². The zero-order valence-corrected chi connectivity index (χ0v) is 9.64. The summed E-state index contributed by atoms with van der Waals surface area (Å²) in [4.78, 5) is 11.2. The second kappa shape index (κ2) is 4.88. The molecule has 110 valence electrons. The predicted octanol–water partition coefficient (Wildman–Crippen LogP) is 3.00. The molecule has 1 amide bonds. The van der Waals surface area contributed by atoms with E-state index in [0.29, 0.717) is 0 Å². The number of nitrogens with zero attached hydrogens (tertiary/aromatic N) is 1. The van der Waals surface area contributed by atoms with Crippen molar-refractivity contribution in [3.05, 3.63) is 34.6 Å². The monoisotopic (exact) mass is 299 g/mol. The van der Waals surface area contributed by atoms with Crippen molar-refractivity contribution in [3.8, 4) is 0 Å². The summed E-state index contributed by atoms with van der Waals surface area (Å²) in [6.45, 7) is -0.758. The molecule has 1 heterocycles. The van der Waals surface area contributed by atoms with Crippen LogP contribution in [-0.4, -0.2) is 29.2 Å². The van der Waals surface area contributed by atoms with E-state index in [4.69, 9.17) is 5.11 Å². The first-order chi connectivity index (χ1) is 9.25. The number of benzene rings is 1. The fraction of sp³-hybridized carbons (Fsp3) is 0.364. The predicted molar refractivity (Wildman–Crippen MR) is 53.2 cm³/mol. The Morgan fingerprint density at radius 2 is 1.40 bits per heavy atom. The Balaban J connectivity index is 2.32. The van der Waals surface area contributed by atoms with E-state index in [0.717, 1.165) is 4.90 Å². The molecule has 1 fully saturated rings. The quantitative estimate of drug-likeness (QED) is 0.518. The minimum Gasteiger partial charge on any atom is -0.465 e. The van der Waals surface area contributed by atoms with Crippen molar-refractivity contribution in [3.63, 3.8) is 0 Å². The van der Waals surface area contributed by atoms with Crippen molar-refractivity contribution in [2.24, 2.45) is 5.92 Å². The lowest BCUT2D eigenvalue weighted by Crippen LogP contribution is -2.51. The van der Waals surface area contributed by atoms with E-state index < -0.39 is 52.8 Å². The van der Waals surface area contributed by atoms with Crippen molar-refractivity contribution in [2.45, 2.75) is 6.17 Å². The summed E-state index contributed by atoms with van der Waals surface area (Å²) in [5.74, 6) is -12.4. The number of carboxylic acid groups (broad SMARTS) is 1. The fourth-order valence-electron chi connectivity index (χ4n) is 1.95. The summed E-state index contributed by atoms with van der Waals surface area (Å²) in [7, 11) is 0. The molecule has 1 unspecified atom stereocenters. The van der Waals surface area contributed by atoms with Crippen LogP contribution < -0.4 is 0 Å². The molecule has 1 aromatic rings. The molecule has 1 N–H and O–H groups in total. The number of halogens is 6. The van der Waals surface area contributed by atoms with E-state index in [1.165, 1.54) is 0 Å². The molecule has 0 saturated carbocycles. The summed E-state index contributed by atoms with van der Waals surface area (Å²) in [5.41, 5.74) is -1.56. The third-order valence-corrected chi connectivity index (χ3v) is 3.11. The van der Waals surface area contributed by atoms with Gasteiger partial charge in [-0.15, -0.1) is 0 Å². The minimum atomic E-state index is -2.48. The Bertz CT molecular complexity index is 544. The lowest BCUT2D eigenvalue weighted by Gasteiger charge is -2.38. The van der Waals surface area contributed by atoms with Crippen LogP contribution in [0.4, 0.5) is 31.1 Å². The molecule has 0 spiro atoms. The number of rotatable bonds is 2. The molecule has 1 saturated heterocycles. The van der Waals surface area contributed by atoms with Gasteiger partial charge in [-0.1, -0.05) is 0 Å². The first kappa shape index (κ1) is 14.5. The zero-order valence-electron chi connectivity index (χ0n) is 9.64. The first-order valence-electron chi connectivity index (χ1n) is 5.39. The fourth-order valence-corrected chi connectivity index (χ4v) is 1.95. The molecule has 1 aliphatic heterocycles. The van der Waals surface area contributed by atoms with Crippen LogP contribution in [0.15, 0.2) is 0 Å². The minimum absolute atomic E-state index is 0.379. The number of hydrogen-bond acceptors (Lipinski definition) is 1. The maximum atomic E-state index is 13.9. The molecule has 20 heavy (non-hydrogen) atoms. The lowest BCUT2D eigenvalue weighted by atomic mass is 9.89. The Morgan fingerprint density at radius 1 is 1.00 bits per heavy atom. The molecule has 1 atom stereocenters. The van der Waals surface area contributed by atoms with Gasteiger partial charge in [0, 0.05) is 19.0 Å². The van der Waals surface area contributed by atoms with Gasteiger partial charge in [0.05, 0.1) is 5.56 Å². The van der Waals surface area contributed by atoms with Crippen LogP contribution in [0, 0.1) is 35.0 Å². The van der Waals surface area contributed by atoms with Crippen molar-refractivity contribution >= 4 is 6.09 Å². The third kappa shape index (κ3) is 2.06. The molecule has 2 rings (SSSR count). The van der Waals surface area contributed by atoms with E-state index in [2.05, 4.69) is 0 Å². The van der Waals surface area contributed by atoms with Crippen molar-refractivity contribution in [1.29, 1.82) is 0 Å². The van der Waals surface area contributed by atoms with Gasteiger partial charge in [0.15, 0.2) is 23.3 Å². The van der Waals surface area contributed by atoms with Gasteiger partial charge in [0.2, 0.25) is 5.82 Å². The lowest BCUT2D eigenvalue weighted by molar-refractivity contribution is 0.0377. The summed E-state index contributed by atoms with van der Waals surface area (Å²) in [6, 6.07) is 0. The second-order valence-corrected chi connectivity index (χ2v) is 4.33. The van der Waals surface area contributed by atoms with Crippen molar-refractivity contribution in [1.82, 2.24) is 4.90 Å². The Morgan fingerprint density at radius 3 is 1.80 bits per heavy atom. The highest BCUT2D eigenvalue weighted by atomic mass is 19.2. The Hall–Kier alpha value is -1.93. The van der Waals surface area contributed by atoms with Crippen LogP contribution in [0.2, 0.25) is 0 Å². The zero-order chi connectivity index (χ0) is 15.2. The van der Waals surface area contributed by atoms with Crippen LogP contribution in [-0.2, 0) is 0 Å². The van der Waals surface area contributed by atoms with E-state index in [-0.39, 0.29) is 13.1 Å². The van der Waals surface area contributed by atoms with Gasteiger partial charge in [-0.05, 0) is 0 Å².